The molecule has 0 bridgehead atoms. The maximum absolute atomic E-state index is 6.38. The van der Waals surface area contributed by atoms with Crippen LogP contribution in [-0.2, 0) is 6.61 Å². The lowest BCUT2D eigenvalue weighted by Crippen LogP contribution is -2.23. The number of hydrogen-bond acceptors (Lipinski definition) is 4. The van der Waals surface area contributed by atoms with Crippen LogP contribution in [0.2, 0.25) is 5.02 Å². The quantitative estimate of drug-likeness (QED) is 0.436. The summed E-state index contributed by atoms with van der Waals surface area (Å²) in [5.74, 6) is 1.06. The highest BCUT2D eigenvalue weighted by Crippen LogP contribution is 2.37. The number of rotatable bonds is 7. The van der Waals surface area contributed by atoms with Crippen LogP contribution in [0.15, 0.2) is 41.5 Å². The summed E-state index contributed by atoms with van der Waals surface area (Å²) in [6.45, 7) is 4.83. The van der Waals surface area contributed by atoms with Crippen molar-refractivity contribution in [3.05, 3.63) is 58.1 Å². The van der Waals surface area contributed by atoms with Gasteiger partial charge in [0.15, 0.2) is 16.6 Å². The van der Waals surface area contributed by atoms with Crippen molar-refractivity contribution in [2.45, 2.75) is 20.5 Å². The fourth-order valence-corrected chi connectivity index (χ4v) is 2.48. The topological polar surface area (TPSA) is 68.9 Å². The summed E-state index contributed by atoms with van der Waals surface area (Å²) in [7, 11) is 0. The molecule has 3 N–H and O–H groups in total. The second-order valence-corrected chi connectivity index (χ2v) is 6.06. The normalized spacial score (nSPS) is 10.7. The van der Waals surface area contributed by atoms with Gasteiger partial charge < -0.3 is 15.2 Å². The lowest BCUT2D eigenvalue weighted by Gasteiger charge is -2.15. The van der Waals surface area contributed by atoms with E-state index in [0.29, 0.717) is 29.7 Å². The van der Waals surface area contributed by atoms with E-state index in [-0.39, 0.29) is 5.11 Å². The molecule has 0 amide bonds. The van der Waals surface area contributed by atoms with E-state index in [4.69, 9.17) is 39.0 Å². The predicted molar refractivity (Wildman–Crippen MR) is 106 cm³/mol. The number of hydrogen-bond donors (Lipinski definition) is 2. The number of benzene rings is 2. The molecule has 2 aromatic rings. The highest BCUT2D eigenvalue weighted by atomic mass is 35.5. The summed E-state index contributed by atoms with van der Waals surface area (Å²) in [4.78, 5) is 0. The number of nitrogens with two attached hydrogens (primary N) is 1. The molecule has 0 aliphatic heterocycles. The van der Waals surface area contributed by atoms with Gasteiger partial charge in [-0.05, 0) is 54.9 Å². The van der Waals surface area contributed by atoms with Gasteiger partial charge in [0, 0.05) is 0 Å². The van der Waals surface area contributed by atoms with Gasteiger partial charge >= 0.3 is 0 Å². The SMILES string of the molecule is CCOc1cc(/C=N\NC(N)=S)cc(Cl)c1OCc1ccccc1C. The first-order valence-electron chi connectivity index (χ1n) is 7.73. The second kappa shape index (κ2) is 9.25. The molecule has 0 unspecified atom stereocenters. The van der Waals surface area contributed by atoms with Crippen molar-refractivity contribution in [3.8, 4) is 11.5 Å². The summed E-state index contributed by atoms with van der Waals surface area (Å²) >= 11 is 11.1. The molecule has 0 aromatic heterocycles. The molecule has 7 heteroatoms. The molecule has 2 rings (SSSR count). The molecule has 0 saturated carbocycles. The Kier molecular flexibility index (Phi) is 7.03. The molecule has 0 saturated heterocycles. The number of aryl methyl sites for hydroxylation is 1. The van der Waals surface area contributed by atoms with Gasteiger partial charge in [-0.3, -0.25) is 5.43 Å². The number of nitrogens with zero attached hydrogens (tertiary/aromatic N) is 1. The van der Waals surface area contributed by atoms with Gasteiger partial charge in [-0.25, -0.2) is 0 Å². The predicted octanol–water partition coefficient (Wildman–Crippen LogP) is 3.79. The first-order chi connectivity index (χ1) is 12.0. The minimum Gasteiger partial charge on any atom is -0.490 e. The van der Waals surface area contributed by atoms with E-state index in [1.54, 1.807) is 18.3 Å². The van der Waals surface area contributed by atoms with Crippen LogP contribution in [0.5, 0.6) is 11.5 Å². The van der Waals surface area contributed by atoms with E-state index in [2.05, 4.69) is 10.5 Å². The van der Waals surface area contributed by atoms with Crippen molar-refractivity contribution in [2.24, 2.45) is 10.8 Å². The summed E-state index contributed by atoms with van der Waals surface area (Å²) in [5, 5.41) is 4.45. The second-order valence-electron chi connectivity index (χ2n) is 5.21. The molecule has 5 nitrogen and oxygen atoms in total. The lowest BCUT2D eigenvalue weighted by atomic mass is 10.1. The average Bonchev–Trinajstić information content (AvgIpc) is 2.55. The van der Waals surface area contributed by atoms with Gasteiger partial charge in [-0.15, -0.1) is 0 Å². The van der Waals surface area contributed by atoms with Crippen LogP contribution in [0.25, 0.3) is 0 Å². The van der Waals surface area contributed by atoms with E-state index < -0.39 is 0 Å². The molecule has 2 aromatic carbocycles. The Morgan fingerprint density at radius 2 is 2.08 bits per heavy atom. The van der Waals surface area contributed by atoms with Crippen LogP contribution >= 0.6 is 23.8 Å². The lowest BCUT2D eigenvalue weighted by molar-refractivity contribution is 0.269. The zero-order valence-corrected chi connectivity index (χ0v) is 15.7. The van der Waals surface area contributed by atoms with Crippen LogP contribution in [0.4, 0.5) is 0 Å². The molecule has 132 valence electrons. The largest absolute Gasteiger partial charge is 0.490 e. The highest BCUT2D eigenvalue weighted by molar-refractivity contribution is 7.80. The highest BCUT2D eigenvalue weighted by Gasteiger charge is 2.13. The van der Waals surface area contributed by atoms with Crippen molar-refractivity contribution in [1.29, 1.82) is 0 Å². The Morgan fingerprint density at radius 3 is 2.76 bits per heavy atom. The maximum Gasteiger partial charge on any atom is 0.184 e. The van der Waals surface area contributed by atoms with Crippen molar-refractivity contribution in [3.63, 3.8) is 0 Å². The zero-order valence-electron chi connectivity index (χ0n) is 14.1. The standard InChI is InChI=1S/C18H20ClN3O2S/c1-3-23-16-9-13(10-21-22-18(20)25)8-15(19)17(16)24-11-14-7-5-4-6-12(14)2/h4-10H,3,11H2,1-2H3,(H3,20,22,25)/b21-10-. The van der Waals surface area contributed by atoms with E-state index in [9.17, 15) is 0 Å². The third kappa shape index (κ3) is 5.62. The Balaban J connectivity index is 2.23. The van der Waals surface area contributed by atoms with Crippen LogP contribution < -0.4 is 20.6 Å². The summed E-state index contributed by atoms with van der Waals surface area (Å²) in [6, 6.07) is 11.6. The minimum atomic E-state index is 0.0885. The van der Waals surface area contributed by atoms with Gasteiger partial charge in [-0.1, -0.05) is 35.9 Å². The van der Waals surface area contributed by atoms with Crippen LogP contribution in [0.1, 0.15) is 23.6 Å². The number of thiocarbonyl (C=S) groups is 1. The molecule has 0 atom stereocenters. The number of ether oxygens (including phenoxy) is 2. The van der Waals surface area contributed by atoms with Gasteiger partial charge in [0.2, 0.25) is 0 Å². The molecule has 0 aliphatic rings. The Morgan fingerprint density at radius 1 is 1.32 bits per heavy atom. The molecular weight excluding hydrogens is 358 g/mol. The van der Waals surface area contributed by atoms with E-state index in [1.165, 1.54) is 0 Å². The number of nitrogens with one attached hydrogen (secondary N) is 1. The average molecular weight is 378 g/mol. The molecule has 0 aliphatic carbocycles. The first-order valence-corrected chi connectivity index (χ1v) is 8.52. The number of halogens is 1. The molecule has 0 radical (unpaired) electrons. The van der Waals surface area contributed by atoms with Crippen molar-refractivity contribution >= 4 is 35.1 Å². The van der Waals surface area contributed by atoms with E-state index >= 15 is 0 Å². The van der Waals surface area contributed by atoms with Gasteiger partial charge in [0.1, 0.15) is 6.61 Å². The van der Waals surface area contributed by atoms with Crippen molar-refractivity contribution < 1.29 is 9.47 Å². The zero-order chi connectivity index (χ0) is 18.2. The van der Waals surface area contributed by atoms with Gasteiger partial charge in [0.25, 0.3) is 0 Å². The fraction of sp³-hybridized carbons (Fsp3) is 0.222. The summed E-state index contributed by atoms with van der Waals surface area (Å²) < 4.78 is 11.6. The van der Waals surface area contributed by atoms with Crippen molar-refractivity contribution in [2.75, 3.05) is 6.61 Å². The maximum atomic E-state index is 6.38. The van der Waals surface area contributed by atoms with Crippen molar-refractivity contribution in [1.82, 2.24) is 5.43 Å². The summed E-state index contributed by atoms with van der Waals surface area (Å²) in [5.41, 5.74) is 10.8. The van der Waals surface area contributed by atoms with Crippen LogP contribution in [0, 0.1) is 6.92 Å². The molecule has 0 heterocycles. The molecular formula is C18H20ClN3O2S. The summed E-state index contributed by atoms with van der Waals surface area (Å²) in [6.07, 6.45) is 1.55. The number of hydrazone groups is 1. The first kappa shape index (κ1) is 19.0. The minimum absolute atomic E-state index is 0.0885. The van der Waals surface area contributed by atoms with Gasteiger partial charge in [0.05, 0.1) is 17.8 Å². The Bertz CT molecular complexity index is 781. The molecule has 25 heavy (non-hydrogen) atoms. The van der Waals surface area contributed by atoms with Crippen LogP contribution in [0.3, 0.4) is 0 Å². The molecule has 0 spiro atoms. The third-order valence-electron chi connectivity index (χ3n) is 3.35. The fourth-order valence-electron chi connectivity index (χ4n) is 2.16. The Hall–Kier alpha value is -2.31. The molecule has 0 fully saturated rings. The third-order valence-corrected chi connectivity index (χ3v) is 3.73. The Labute approximate surface area is 157 Å². The monoisotopic (exact) mass is 377 g/mol. The van der Waals surface area contributed by atoms with Gasteiger partial charge in [-0.2, -0.15) is 5.10 Å². The van der Waals surface area contributed by atoms with Crippen LogP contribution in [-0.4, -0.2) is 17.9 Å². The smallest absolute Gasteiger partial charge is 0.184 e. The van der Waals surface area contributed by atoms with E-state index in [0.717, 1.165) is 16.7 Å². The van der Waals surface area contributed by atoms with E-state index in [1.807, 2.05) is 38.1 Å².